The number of hydrogen-bond donors (Lipinski definition) is 0. The summed E-state index contributed by atoms with van der Waals surface area (Å²) < 4.78 is 2.00. The van der Waals surface area contributed by atoms with Gasteiger partial charge in [-0.25, -0.2) is 4.79 Å². The van der Waals surface area contributed by atoms with Crippen LogP contribution in [0.5, 0.6) is 0 Å². The van der Waals surface area contributed by atoms with Crippen molar-refractivity contribution in [2.45, 2.75) is 26.3 Å². The number of hydrogen-bond acceptors (Lipinski definition) is 4. The summed E-state index contributed by atoms with van der Waals surface area (Å²) in [6.07, 6.45) is 2.51. The third kappa shape index (κ3) is 3.76. The molecule has 7 nitrogen and oxygen atoms in total. The second-order valence-electron chi connectivity index (χ2n) is 4.49. The van der Waals surface area contributed by atoms with Crippen molar-refractivity contribution in [2.24, 2.45) is 13.0 Å². The minimum Gasteiger partial charge on any atom is -0.297 e. The summed E-state index contributed by atoms with van der Waals surface area (Å²) >= 11 is 3.32. The lowest BCUT2D eigenvalue weighted by Crippen LogP contribution is -2.39. The molecular weight excluding hydrogens is 318 g/mol. The number of nitro groups is 1. The molecule has 1 atom stereocenters. The van der Waals surface area contributed by atoms with Crippen LogP contribution in [0.4, 0.5) is 5.69 Å². The number of nitrogens with zero attached hydrogens (tertiary/aromatic N) is 3. The highest BCUT2D eigenvalue weighted by Crippen LogP contribution is 2.10. The monoisotopic (exact) mass is 333 g/mol. The standard InChI is InChI=1S/C11H16BrN3O4/c1-8(3-5-12)4-6-14-10(16)9(15(18)19)7-13(2)11(14)17/h7-8H,3-6H2,1-2H3. The Hall–Kier alpha value is -1.44. The third-order valence-electron chi connectivity index (χ3n) is 2.96. The summed E-state index contributed by atoms with van der Waals surface area (Å²) in [6, 6.07) is 0. The molecule has 0 spiro atoms. The van der Waals surface area contributed by atoms with Gasteiger partial charge in [-0.1, -0.05) is 22.9 Å². The average molecular weight is 334 g/mol. The molecule has 0 radical (unpaired) electrons. The van der Waals surface area contributed by atoms with Gasteiger partial charge in [0.2, 0.25) is 0 Å². The van der Waals surface area contributed by atoms with Gasteiger partial charge in [0.05, 0.1) is 11.1 Å². The summed E-state index contributed by atoms with van der Waals surface area (Å²) in [6.45, 7) is 2.20. The van der Waals surface area contributed by atoms with E-state index in [9.17, 15) is 19.7 Å². The first-order valence-electron chi connectivity index (χ1n) is 5.89. The van der Waals surface area contributed by atoms with Crippen LogP contribution in [0.15, 0.2) is 15.8 Å². The molecule has 1 heterocycles. The Morgan fingerprint density at radius 3 is 2.58 bits per heavy atom. The van der Waals surface area contributed by atoms with Crippen molar-refractivity contribution in [3.8, 4) is 0 Å². The maximum absolute atomic E-state index is 11.9. The lowest BCUT2D eigenvalue weighted by Gasteiger charge is -2.11. The van der Waals surface area contributed by atoms with Crippen LogP contribution < -0.4 is 11.2 Å². The molecule has 106 valence electrons. The fraction of sp³-hybridized carbons (Fsp3) is 0.636. The van der Waals surface area contributed by atoms with E-state index in [-0.39, 0.29) is 6.54 Å². The molecule has 1 aromatic heterocycles. The first kappa shape index (κ1) is 15.6. The fourth-order valence-electron chi connectivity index (χ4n) is 1.71. The first-order chi connectivity index (χ1) is 8.88. The van der Waals surface area contributed by atoms with Crippen LogP contribution in [0.1, 0.15) is 19.8 Å². The maximum atomic E-state index is 11.9. The summed E-state index contributed by atoms with van der Waals surface area (Å²) in [4.78, 5) is 33.7. The largest absolute Gasteiger partial charge is 0.350 e. The van der Waals surface area contributed by atoms with E-state index in [4.69, 9.17) is 0 Å². The minimum atomic E-state index is -0.834. The molecule has 0 aliphatic heterocycles. The highest BCUT2D eigenvalue weighted by molar-refractivity contribution is 9.09. The predicted octanol–water partition coefficient (Wildman–Crippen LogP) is 1.27. The van der Waals surface area contributed by atoms with Gasteiger partial charge in [0.25, 0.3) is 0 Å². The minimum absolute atomic E-state index is 0.196. The van der Waals surface area contributed by atoms with Gasteiger partial charge < -0.3 is 0 Å². The van der Waals surface area contributed by atoms with Crippen molar-refractivity contribution in [3.63, 3.8) is 0 Å². The van der Waals surface area contributed by atoms with E-state index in [1.54, 1.807) is 0 Å². The summed E-state index contributed by atoms with van der Waals surface area (Å²) in [5.41, 5.74) is -1.93. The van der Waals surface area contributed by atoms with Crippen molar-refractivity contribution in [1.82, 2.24) is 9.13 Å². The number of aryl methyl sites for hydroxylation is 1. The number of aromatic nitrogens is 2. The smallest absolute Gasteiger partial charge is 0.297 e. The van der Waals surface area contributed by atoms with Crippen LogP contribution in [0.2, 0.25) is 0 Å². The van der Waals surface area contributed by atoms with Crippen molar-refractivity contribution in [2.75, 3.05) is 5.33 Å². The van der Waals surface area contributed by atoms with Gasteiger partial charge >= 0.3 is 16.9 Å². The summed E-state index contributed by atoms with van der Waals surface area (Å²) in [5, 5.41) is 11.6. The first-order valence-corrected chi connectivity index (χ1v) is 7.01. The summed E-state index contributed by atoms with van der Waals surface area (Å²) in [5.74, 6) is 0.329. The fourth-order valence-corrected chi connectivity index (χ4v) is 2.49. The number of rotatable bonds is 6. The van der Waals surface area contributed by atoms with Crippen LogP contribution in [0, 0.1) is 16.0 Å². The quantitative estimate of drug-likeness (QED) is 0.445. The Bertz CT molecular complexity index is 578. The normalized spacial score (nSPS) is 12.4. The lowest BCUT2D eigenvalue weighted by molar-refractivity contribution is -0.387. The molecule has 19 heavy (non-hydrogen) atoms. The molecule has 0 saturated heterocycles. The molecule has 1 rings (SSSR count). The Balaban J connectivity index is 3.10. The van der Waals surface area contributed by atoms with Crippen molar-refractivity contribution in [3.05, 3.63) is 37.1 Å². The van der Waals surface area contributed by atoms with Crippen molar-refractivity contribution in [1.29, 1.82) is 0 Å². The Morgan fingerprint density at radius 1 is 1.42 bits per heavy atom. The van der Waals surface area contributed by atoms with E-state index in [1.165, 1.54) is 7.05 Å². The van der Waals surface area contributed by atoms with Gasteiger partial charge in [0.1, 0.15) is 0 Å². The highest BCUT2D eigenvalue weighted by atomic mass is 79.9. The predicted molar refractivity (Wildman–Crippen MR) is 74.8 cm³/mol. The molecule has 8 heteroatoms. The van der Waals surface area contributed by atoms with Gasteiger partial charge in [0, 0.05) is 18.9 Å². The van der Waals surface area contributed by atoms with Gasteiger partial charge in [0.15, 0.2) is 0 Å². The molecule has 1 unspecified atom stereocenters. The zero-order valence-corrected chi connectivity index (χ0v) is 12.4. The Kier molecular flexibility index (Phi) is 5.46. The lowest BCUT2D eigenvalue weighted by atomic mass is 10.1. The van der Waals surface area contributed by atoms with E-state index in [2.05, 4.69) is 15.9 Å². The molecule has 0 amide bonds. The second kappa shape index (κ2) is 6.65. The van der Waals surface area contributed by atoms with Crippen LogP contribution in [-0.4, -0.2) is 19.4 Å². The molecule has 0 aliphatic carbocycles. The molecule has 1 aromatic rings. The van der Waals surface area contributed by atoms with E-state index in [1.807, 2.05) is 6.92 Å². The third-order valence-corrected chi connectivity index (χ3v) is 3.41. The van der Waals surface area contributed by atoms with Crippen LogP contribution in [0.3, 0.4) is 0 Å². The number of alkyl halides is 1. The van der Waals surface area contributed by atoms with Gasteiger partial charge in [-0.15, -0.1) is 0 Å². The van der Waals surface area contributed by atoms with Gasteiger partial charge in [-0.05, 0) is 18.8 Å². The zero-order valence-electron chi connectivity index (χ0n) is 10.8. The topological polar surface area (TPSA) is 87.1 Å². The van der Waals surface area contributed by atoms with E-state index in [0.717, 1.165) is 27.1 Å². The average Bonchev–Trinajstić information content (AvgIpc) is 2.33. The maximum Gasteiger partial charge on any atom is 0.350 e. The molecule has 0 fully saturated rings. The van der Waals surface area contributed by atoms with Crippen LogP contribution >= 0.6 is 15.9 Å². The van der Waals surface area contributed by atoms with Crippen molar-refractivity contribution >= 4 is 21.6 Å². The van der Waals surface area contributed by atoms with Crippen molar-refractivity contribution < 1.29 is 4.92 Å². The highest BCUT2D eigenvalue weighted by Gasteiger charge is 2.18. The zero-order chi connectivity index (χ0) is 14.6. The van der Waals surface area contributed by atoms with Gasteiger partial charge in [-0.2, -0.15) is 0 Å². The molecule has 0 bridgehead atoms. The van der Waals surface area contributed by atoms with E-state index < -0.39 is 21.9 Å². The molecule has 0 aliphatic rings. The Morgan fingerprint density at radius 2 is 2.05 bits per heavy atom. The SMILES string of the molecule is CC(CCBr)CCn1c(=O)c([N+](=O)[O-])cn(C)c1=O. The summed E-state index contributed by atoms with van der Waals surface area (Å²) in [7, 11) is 1.40. The van der Waals surface area contributed by atoms with E-state index in [0.29, 0.717) is 12.3 Å². The second-order valence-corrected chi connectivity index (χ2v) is 5.29. The number of halogens is 1. The van der Waals surface area contributed by atoms with Gasteiger partial charge in [-0.3, -0.25) is 24.0 Å². The Labute approximate surface area is 118 Å². The van der Waals surface area contributed by atoms with Crippen LogP contribution in [0.25, 0.3) is 0 Å². The molecule has 0 aromatic carbocycles. The molecule has 0 saturated carbocycles. The van der Waals surface area contributed by atoms with Crippen LogP contribution in [-0.2, 0) is 13.6 Å². The molecular formula is C11H16BrN3O4. The van der Waals surface area contributed by atoms with E-state index >= 15 is 0 Å². The molecule has 0 N–H and O–H groups in total.